The highest BCUT2D eigenvalue weighted by Crippen LogP contribution is 2.33. The van der Waals surface area contributed by atoms with E-state index in [4.69, 9.17) is 4.74 Å². The Morgan fingerprint density at radius 1 is 1.22 bits per heavy atom. The Bertz CT molecular complexity index is 1140. The molecular weight excluding hydrogens is 408 g/mol. The molecule has 0 unspecified atom stereocenters. The summed E-state index contributed by atoms with van der Waals surface area (Å²) >= 11 is 0. The highest BCUT2D eigenvalue weighted by atomic mass is 16.5. The largest absolute Gasteiger partial charge is 0.508 e. The van der Waals surface area contributed by atoms with Crippen molar-refractivity contribution in [3.8, 4) is 17.0 Å². The van der Waals surface area contributed by atoms with Gasteiger partial charge in [-0.2, -0.15) is 0 Å². The molecule has 2 heterocycles. The van der Waals surface area contributed by atoms with Gasteiger partial charge < -0.3 is 25.0 Å². The maximum atomic E-state index is 13.3. The van der Waals surface area contributed by atoms with Crippen molar-refractivity contribution >= 4 is 22.8 Å². The van der Waals surface area contributed by atoms with Crippen LogP contribution >= 0.6 is 0 Å². The number of fused-ring (bicyclic) bond motifs is 1. The third-order valence-electron chi connectivity index (χ3n) is 5.97. The molecule has 1 saturated heterocycles. The molecule has 32 heavy (non-hydrogen) atoms. The number of methoxy groups -OCH3 is 1. The SMILES string of the molecule is COC(=O)N[C@H](C(=O)N1CCC[C@H]1c1ncc(-c2ccc3cc(O)ccc3c2)[nH]1)C(C)C. The third-order valence-corrected chi connectivity index (χ3v) is 5.97. The molecule has 2 aromatic carbocycles. The quantitative estimate of drug-likeness (QED) is 0.561. The molecule has 0 spiro atoms. The van der Waals surface area contributed by atoms with Crippen LogP contribution in [0.25, 0.3) is 22.0 Å². The van der Waals surface area contributed by atoms with Crippen molar-refractivity contribution in [3.05, 3.63) is 48.4 Å². The van der Waals surface area contributed by atoms with Gasteiger partial charge in [0.25, 0.3) is 0 Å². The van der Waals surface area contributed by atoms with Crippen LogP contribution in [0.3, 0.4) is 0 Å². The number of hydrogen-bond donors (Lipinski definition) is 3. The smallest absolute Gasteiger partial charge is 0.407 e. The number of H-pyrrole nitrogens is 1. The number of phenols is 1. The number of aromatic amines is 1. The number of rotatable bonds is 5. The number of amides is 2. The molecule has 1 aromatic heterocycles. The fraction of sp³-hybridized carbons (Fsp3) is 0.375. The third kappa shape index (κ3) is 4.26. The first kappa shape index (κ1) is 21.7. The molecule has 168 valence electrons. The maximum absolute atomic E-state index is 13.3. The van der Waals surface area contributed by atoms with Gasteiger partial charge in [0.15, 0.2) is 0 Å². The summed E-state index contributed by atoms with van der Waals surface area (Å²) in [5, 5.41) is 14.3. The molecule has 8 heteroatoms. The van der Waals surface area contributed by atoms with Gasteiger partial charge in [-0.3, -0.25) is 4.79 Å². The number of alkyl carbamates (subject to hydrolysis) is 1. The van der Waals surface area contributed by atoms with Crippen LogP contribution in [0.1, 0.15) is 38.6 Å². The van der Waals surface area contributed by atoms with Gasteiger partial charge in [-0.15, -0.1) is 0 Å². The number of carbonyl (C=O) groups is 2. The van der Waals surface area contributed by atoms with Crippen molar-refractivity contribution in [2.24, 2.45) is 5.92 Å². The lowest BCUT2D eigenvalue weighted by Crippen LogP contribution is -2.51. The molecule has 2 atom stereocenters. The minimum atomic E-state index is -0.658. The zero-order valence-electron chi connectivity index (χ0n) is 18.5. The van der Waals surface area contributed by atoms with Crippen LogP contribution in [0, 0.1) is 5.92 Å². The second kappa shape index (κ2) is 8.90. The summed E-state index contributed by atoms with van der Waals surface area (Å²) in [6.45, 7) is 4.41. The van der Waals surface area contributed by atoms with Crippen molar-refractivity contribution in [3.63, 3.8) is 0 Å². The van der Waals surface area contributed by atoms with Crippen molar-refractivity contribution in [1.82, 2.24) is 20.2 Å². The molecule has 0 saturated carbocycles. The topological polar surface area (TPSA) is 108 Å². The number of aromatic nitrogens is 2. The van der Waals surface area contributed by atoms with Gasteiger partial charge >= 0.3 is 6.09 Å². The lowest BCUT2D eigenvalue weighted by molar-refractivity contribution is -0.135. The van der Waals surface area contributed by atoms with E-state index in [1.54, 1.807) is 23.2 Å². The Morgan fingerprint density at radius 3 is 2.72 bits per heavy atom. The van der Waals surface area contributed by atoms with Crippen molar-refractivity contribution in [2.45, 2.75) is 38.8 Å². The van der Waals surface area contributed by atoms with Crippen molar-refractivity contribution in [1.29, 1.82) is 0 Å². The average molecular weight is 437 g/mol. The zero-order chi connectivity index (χ0) is 22.8. The lowest BCUT2D eigenvalue weighted by atomic mass is 10.0. The highest BCUT2D eigenvalue weighted by Gasteiger charge is 2.37. The van der Waals surface area contributed by atoms with Gasteiger partial charge in [-0.05, 0) is 47.7 Å². The van der Waals surface area contributed by atoms with Gasteiger partial charge in [0.2, 0.25) is 5.91 Å². The number of phenolic OH excluding ortho intramolecular Hbond substituents is 1. The number of likely N-dealkylation sites (tertiary alicyclic amines) is 1. The molecule has 0 aliphatic carbocycles. The first-order chi connectivity index (χ1) is 15.4. The van der Waals surface area contributed by atoms with Gasteiger partial charge in [-0.1, -0.05) is 32.0 Å². The van der Waals surface area contributed by atoms with Crippen LogP contribution in [0.5, 0.6) is 5.75 Å². The van der Waals surface area contributed by atoms with Gasteiger partial charge in [-0.25, -0.2) is 9.78 Å². The first-order valence-electron chi connectivity index (χ1n) is 10.8. The number of nitrogens with zero attached hydrogens (tertiary/aromatic N) is 2. The standard InChI is InChI=1S/C24H28N4O4/c1-14(2)21(27-24(31)32-3)23(30)28-10-4-5-20(28)22-25-13-19(26-22)17-7-6-16-12-18(29)9-8-15(16)11-17/h6-9,11-14,20-21,29H,4-5,10H2,1-3H3,(H,25,26)(H,27,31)/t20-,21-/m0/s1. The van der Waals surface area contributed by atoms with Crippen LogP contribution in [0.15, 0.2) is 42.6 Å². The number of nitrogens with one attached hydrogen (secondary N) is 2. The zero-order valence-corrected chi connectivity index (χ0v) is 18.5. The van der Waals surface area contributed by atoms with Crippen LogP contribution in [0.4, 0.5) is 4.79 Å². The van der Waals surface area contributed by atoms with Crippen molar-refractivity contribution < 1.29 is 19.4 Å². The molecule has 2 amide bonds. The molecule has 0 radical (unpaired) electrons. The monoisotopic (exact) mass is 436 g/mol. The summed E-state index contributed by atoms with van der Waals surface area (Å²) in [7, 11) is 1.29. The summed E-state index contributed by atoms with van der Waals surface area (Å²) in [5.74, 6) is 0.766. The van der Waals surface area contributed by atoms with Crippen molar-refractivity contribution in [2.75, 3.05) is 13.7 Å². The fourth-order valence-electron chi connectivity index (χ4n) is 4.25. The Hall–Kier alpha value is -3.55. The van der Waals surface area contributed by atoms with E-state index in [-0.39, 0.29) is 23.6 Å². The second-order valence-electron chi connectivity index (χ2n) is 8.48. The Morgan fingerprint density at radius 2 is 1.97 bits per heavy atom. The Balaban J connectivity index is 1.57. The number of hydrogen-bond acceptors (Lipinski definition) is 5. The maximum Gasteiger partial charge on any atom is 0.407 e. The molecule has 1 aliphatic heterocycles. The summed E-state index contributed by atoms with van der Waals surface area (Å²) in [6, 6.07) is 10.4. The molecule has 1 fully saturated rings. The molecule has 3 aromatic rings. The molecular formula is C24H28N4O4. The number of benzene rings is 2. The summed E-state index contributed by atoms with van der Waals surface area (Å²) in [4.78, 5) is 34.8. The highest BCUT2D eigenvalue weighted by molar-refractivity contribution is 5.88. The number of carbonyl (C=O) groups excluding carboxylic acids is 2. The van der Waals surface area contributed by atoms with Gasteiger partial charge in [0.1, 0.15) is 17.6 Å². The molecule has 8 nitrogen and oxygen atoms in total. The minimum absolute atomic E-state index is 0.0768. The molecule has 4 rings (SSSR count). The van der Waals surface area contributed by atoms with Gasteiger partial charge in [0, 0.05) is 12.1 Å². The summed E-state index contributed by atoms with van der Waals surface area (Å²) < 4.78 is 4.69. The molecule has 0 bridgehead atoms. The summed E-state index contributed by atoms with van der Waals surface area (Å²) in [5.41, 5.74) is 1.84. The molecule has 1 aliphatic rings. The average Bonchev–Trinajstić information content (AvgIpc) is 3.45. The summed E-state index contributed by atoms with van der Waals surface area (Å²) in [6.07, 6.45) is 2.84. The minimum Gasteiger partial charge on any atom is -0.508 e. The molecule has 3 N–H and O–H groups in total. The number of ether oxygens (including phenoxy) is 1. The van der Waals surface area contributed by atoms with E-state index < -0.39 is 12.1 Å². The van der Waals surface area contributed by atoms with Crippen LogP contribution < -0.4 is 5.32 Å². The van der Waals surface area contributed by atoms with E-state index in [0.29, 0.717) is 6.54 Å². The Kier molecular flexibility index (Phi) is 6.03. The van der Waals surface area contributed by atoms with Crippen LogP contribution in [-0.2, 0) is 9.53 Å². The second-order valence-corrected chi connectivity index (χ2v) is 8.48. The Labute approximate surface area is 186 Å². The predicted octanol–water partition coefficient (Wildman–Crippen LogP) is 3.98. The van der Waals surface area contributed by atoms with E-state index in [1.165, 1.54) is 7.11 Å². The fourth-order valence-corrected chi connectivity index (χ4v) is 4.25. The van der Waals surface area contributed by atoms with E-state index in [9.17, 15) is 14.7 Å². The van der Waals surface area contributed by atoms with Crippen LogP contribution in [-0.4, -0.2) is 51.7 Å². The lowest BCUT2D eigenvalue weighted by Gasteiger charge is -2.30. The first-order valence-corrected chi connectivity index (χ1v) is 10.8. The number of aromatic hydroxyl groups is 1. The predicted molar refractivity (Wildman–Crippen MR) is 121 cm³/mol. The van der Waals surface area contributed by atoms with E-state index in [1.807, 2.05) is 38.1 Å². The van der Waals surface area contributed by atoms with E-state index in [2.05, 4.69) is 15.3 Å². The van der Waals surface area contributed by atoms with E-state index in [0.717, 1.165) is 40.7 Å². The van der Waals surface area contributed by atoms with E-state index >= 15 is 0 Å². The van der Waals surface area contributed by atoms with Crippen LogP contribution in [0.2, 0.25) is 0 Å². The number of imidazole rings is 1. The normalized spacial score (nSPS) is 17.0. The van der Waals surface area contributed by atoms with Gasteiger partial charge in [0.05, 0.1) is 25.0 Å².